The van der Waals surface area contributed by atoms with Crippen molar-refractivity contribution in [1.29, 1.82) is 0 Å². The Balaban J connectivity index is 1.86. The first-order valence-corrected chi connectivity index (χ1v) is 10.3. The highest BCUT2D eigenvalue weighted by molar-refractivity contribution is 6.35. The highest BCUT2D eigenvalue weighted by Crippen LogP contribution is 2.33. The second-order valence-electron chi connectivity index (χ2n) is 6.96. The zero-order valence-corrected chi connectivity index (χ0v) is 18.4. The Morgan fingerprint density at radius 1 is 1.06 bits per heavy atom. The highest BCUT2D eigenvalue weighted by atomic mass is 35.5. The van der Waals surface area contributed by atoms with Crippen LogP contribution in [0.4, 0.5) is 0 Å². The summed E-state index contributed by atoms with van der Waals surface area (Å²) < 4.78 is 5.42. The van der Waals surface area contributed by atoms with Crippen LogP contribution in [0.3, 0.4) is 0 Å². The first-order chi connectivity index (χ1) is 15.5. The number of carbonyl (C=O) groups is 1. The average molecular weight is 466 g/mol. The molecule has 0 saturated heterocycles. The van der Waals surface area contributed by atoms with E-state index in [1.165, 1.54) is 6.08 Å². The van der Waals surface area contributed by atoms with Crippen LogP contribution >= 0.6 is 23.2 Å². The molecule has 0 amide bonds. The average Bonchev–Trinajstić information content (AvgIpc) is 2.80. The molecule has 1 N–H and O–H groups in total. The molecule has 0 aliphatic heterocycles. The molecule has 4 aromatic rings. The molecule has 0 aliphatic rings. The Hall–Kier alpha value is -3.48. The molecular formula is C24H17Cl2N3O3. The number of ether oxygens (including phenoxy) is 1. The lowest BCUT2D eigenvalue weighted by Crippen LogP contribution is -2.01. The Morgan fingerprint density at radius 2 is 1.84 bits per heavy atom. The monoisotopic (exact) mass is 465 g/mol. The van der Waals surface area contributed by atoms with Crippen molar-refractivity contribution in [2.75, 3.05) is 7.11 Å². The highest BCUT2D eigenvalue weighted by Gasteiger charge is 2.16. The maximum absolute atomic E-state index is 10.9. The Morgan fingerprint density at radius 3 is 2.56 bits per heavy atom. The SMILES string of the molecule is COc1ccc2c(Cc3c(Cl)cncc3Cl)nnc(-c3cccc(/C=C/C(=O)O)c3)c2c1. The van der Waals surface area contributed by atoms with E-state index in [0.29, 0.717) is 33.6 Å². The molecule has 0 bridgehead atoms. The number of pyridine rings is 1. The van der Waals surface area contributed by atoms with Crippen LogP contribution in [-0.4, -0.2) is 33.4 Å². The molecule has 4 rings (SSSR count). The number of methoxy groups -OCH3 is 1. The summed E-state index contributed by atoms with van der Waals surface area (Å²) in [4.78, 5) is 14.9. The topological polar surface area (TPSA) is 85.2 Å². The van der Waals surface area contributed by atoms with Gasteiger partial charge in [0.25, 0.3) is 0 Å². The largest absolute Gasteiger partial charge is 0.497 e. The van der Waals surface area contributed by atoms with E-state index in [1.54, 1.807) is 19.5 Å². The number of halogens is 2. The number of carboxylic acids is 1. The Bertz CT molecular complexity index is 1340. The van der Waals surface area contributed by atoms with Crippen molar-refractivity contribution in [1.82, 2.24) is 15.2 Å². The summed E-state index contributed by atoms with van der Waals surface area (Å²) in [5.74, 6) is -0.331. The zero-order chi connectivity index (χ0) is 22.7. The molecule has 160 valence electrons. The predicted octanol–water partition coefficient (Wildman–Crippen LogP) is 5.70. The van der Waals surface area contributed by atoms with Gasteiger partial charge in [0.1, 0.15) is 11.4 Å². The lowest BCUT2D eigenvalue weighted by Gasteiger charge is -2.12. The van der Waals surface area contributed by atoms with Crippen molar-refractivity contribution in [2.45, 2.75) is 6.42 Å². The van der Waals surface area contributed by atoms with Crippen molar-refractivity contribution >= 4 is 46.0 Å². The molecular weight excluding hydrogens is 449 g/mol. The number of aromatic nitrogens is 3. The van der Waals surface area contributed by atoms with Crippen LogP contribution < -0.4 is 4.74 Å². The van der Waals surface area contributed by atoms with E-state index in [-0.39, 0.29) is 0 Å². The number of fused-ring (bicyclic) bond motifs is 1. The molecule has 0 aliphatic carbocycles. The van der Waals surface area contributed by atoms with Gasteiger partial charge in [-0.05, 0) is 41.5 Å². The number of benzene rings is 2. The van der Waals surface area contributed by atoms with Gasteiger partial charge in [-0.25, -0.2) is 4.79 Å². The van der Waals surface area contributed by atoms with Crippen LogP contribution in [-0.2, 0) is 11.2 Å². The van der Waals surface area contributed by atoms with E-state index in [0.717, 1.165) is 33.5 Å². The van der Waals surface area contributed by atoms with E-state index in [2.05, 4.69) is 15.2 Å². The molecule has 0 atom stereocenters. The fourth-order valence-electron chi connectivity index (χ4n) is 3.39. The standard InChI is InChI=1S/C24H17Cl2N3O3/c1-32-16-6-7-17-18(10-16)24(15-4-2-3-14(9-15)5-8-23(30)31)29-28-22(17)11-19-20(25)12-27-13-21(19)26/h2-10,12-13H,11H2,1H3,(H,30,31)/b8-5+. The number of nitrogens with zero attached hydrogens (tertiary/aromatic N) is 3. The maximum Gasteiger partial charge on any atom is 0.328 e. The molecule has 32 heavy (non-hydrogen) atoms. The smallest absolute Gasteiger partial charge is 0.328 e. The summed E-state index contributed by atoms with van der Waals surface area (Å²) >= 11 is 12.6. The van der Waals surface area contributed by atoms with E-state index in [1.807, 2.05) is 42.5 Å². The van der Waals surface area contributed by atoms with Crippen LogP contribution in [0.25, 0.3) is 28.1 Å². The molecule has 2 aromatic carbocycles. The van der Waals surface area contributed by atoms with Gasteiger partial charge in [-0.1, -0.05) is 41.4 Å². The molecule has 0 unspecified atom stereocenters. The predicted molar refractivity (Wildman–Crippen MR) is 125 cm³/mol. The molecule has 2 heterocycles. The first-order valence-electron chi connectivity index (χ1n) is 9.59. The fraction of sp³-hybridized carbons (Fsp3) is 0.0833. The lowest BCUT2D eigenvalue weighted by atomic mass is 9.99. The molecule has 8 heteroatoms. The number of aliphatic carboxylic acids is 1. The van der Waals surface area contributed by atoms with E-state index < -0.39 is 5.97 Å². The Kier molecular flexibility index (Phi) is 6.35. The molecule has 0 fully saturated rings. The van der Waals surface area contributed by atoms with Crippen molar-refractivity contribution in [2.24, 2.45) is 0 Å². The van der Waals surface area contributed by atoms with E-state index in [4.69, 9.17) is 33.0 Å². The van der Waals surface area contributed by atoms with Crippen LogP contribution in [0, 0.1) is 0 Å². The summed E-state index contributed by atoms with van der Waals surface area (Å²) in [6.07, 6.45) is 6.11. The molecule has 6 nitrogen and oxygen atoms in total. The van der Waals surface area contributed by atoms with Crippen LogP contribution in [0.2, 0.25) is 10.0 Å². The van der Waals surface area contributed by atoms with Gasteiger partial charge in [-0.15, -0.1) is 5.10 Å². The van der Waals surface area contributed by atoms with Gasteiger partial charge in [-0.2, -0.15) is 5.10 Å². The van der Waals surface area contributed by atoms with Gasteiger partial charge in [0, 0.05) is 41.2 Å². The molecule has 2 aromatic heterocycles. The van der Waals surface area contributed by atoms with Crippen molar-refractivity contribution in [3.63, 3.8) is 0 Å². The first kappa shape index (κ1) is 21.7. The van der Waals surface area contributed by atoms with Gasteiger partial charge in [0.2, 0.25) is 0 Å². The number of carboxylic acid groups (broad SMARTS) is 1. The summed E-state index contributed by atoms with van der Waals surface area (Å²) in [6.45, 7) is 0. The van der Waals surface area contributed by atoms with E-state index in [9.17, 15) is 4.79 Å². The second-order valence-corrected chi connectivity index (χ2v) is 7.78. The minimum absolute atomic E-state index is 0.387. The summed E-state index contributed by atoms with van der Waals surface area (Å²) in [7, 11) is 1.60. The van der Waals surface area contributed by atoms with Gasteiger partial charge >= 0.3 is 5.97 Å². The maximum atomic E-state index is 10.9. The minimum Gasteiger partial charge on any atom is -0.497 e. The quantitative estimate of drug-likeness (QED) is 0.367. The van der Waals surface area contributed by atoms with Gasteiger partial charge in [-0.3, -0.25) is 4.98 Å². The molecule has 0 saturated carbocycles. The Labute approximate surface area is 194 Å². The second kappa shape index (κ2) is 9.34. The third-order valence-corrected chi connectivity index (χ3v) is 5.59. The normalized spacial score (nSPS) is 11.2. The number of rotatable bonds is 6. The van der Waals surface area contributed by atoms with E-state index >= 15 is 0 Å². The van der Waals surface area contributed by atoms with Gasteiger partial charge in [0.05, 0.1) is 22.8 Å². The van der Waals surface area contributed by atoms with Crippen LogP contribution in [0.15, 0.2) is 60.9 Å². The van der Waals surface area contributed by atoms with Gasteiger partial charge in [0.15, 0.2) is 0 Å². The van der Waals surface area contributed by atoms with Crippen molar-refractivity contribution in [3.8, 4) is 17.0 Å². The molecule has 0 spiro atoms. The van der Waals surface area contributed by atoms with Gasteiger partial charge < -0.3 is 9.84 Å². The lowest BCUT2D eigenvalue weighted by molar-refractivity contribution is -0.131. The van der Waals surface area contributed by atoms with Crippen LogP contribution in [0.1, 0.15) is 16.8 Å². The summed E-state index contributed by atoms with van der Waals surface area (Å²) in [6, 6.07) is 13.1. The third-order valence-electron chi connectivity index (χ3n) is 4.94. The summed E-state index contributed by atoms with van der Waals surface area (Å²) in [5, 5.41) is 20.5. The van der Waals surface area contributed by atoms with Crippen molar-refractivity contribution in [3.05, 3.63) is 87.8 Å². The van der Waals surface area contributed by atoms with Crippen molar-refractivity contribution < 1.29 is 14.6 Å². The molecule has 0 radical (unpaired) electrons. The number of hydrogen-bond donors (Lipinski definition) is 1. The number of hydrogen-bond acceptors (Lipinski definition) is 5. The van der Waals surface area contributed by atoms with Crippen LogP contribution in [0.5, 0.6) is 5.75 Å². The summed E-state index contributed by atoms with van der Waals surface area (Å²) in [5.41, 5.74) is 3.63. The zero-order valence-electron chi connectivity index (χ0n) is 16.9. The minimum atomic E-state index is -1.01. The third kappa shape index (κ3) is 4.56. The fourth-order valence-corrected chi connectivity index (χ4v) is 3.89.